The lowest BCUT2D eigenvalue weighted by Crippen LogP contribution is -2.16. The van der Waals surface area contributed by atoms with Crippen molar-refractivity contribution in [2.75, 3.05) is 0 Å². The summed E-state index contributed by atoms with van der Waals surface area (Å²) in [5, 5.41) is 8.46. The predicted octanol–water partition coefficient (Wildman–Crippen LogP) is 1.82. The van der Waals surface area contributed by atoms with Crippen molar-refractivity contribution in [2.24, 2.45) is 5.73 Å². The van der Waals surface area contributed by atoms with Gasteiger partial charge in [0.15, 0.2) is 0 Å². The van der Waals surface area contributed by atoms with Crippen LogP contribution in [-0.4, -0.2) is 5.91 Å². The Kier molecular flexibility index (Phi) is 2.85. The molecule has 16 heavy (non-hydrogen) atoms. The van der Waals surface area contributed by atoms with E-state index >= 15 is 0 Å². The van der Waals surface area contributed by atoms with Crippen molar-refractivity contribution in [2.45, 2.75) is 6.18 Å². The molecule has 0 saturated heterocycles. The fourth-order valence-electron chi connectivity index (χ4n) is 1.08. The summed E-state index contributed by atoms with van der Waals surface area (Å²) < 4.78 is 49.8. The van der Waals surface area contributed by atoms with Crippen LogP contribution in [0.1, 0.15) is 21.5 Å². The molecule has 3 nitrogen and oxygen atoms in total. The van der Waals surface area contributed by atoms with Crippen molar-refractivity contribution in [3.63, 3.8) is 0 Å². The number of benzene rings is 1. The van der Waals surface area contributed by atoms with Crippen molar-refractivity contribution in [1.82, 2.24) is 0 Å². The summed E-state index contributed by atoms with van der Waals surface area (Å²) in [5.41, 5.74) is 1.81. The molecule has 0 bridgehead atoms. The second-order valence-corrected chi connectivity index (χ2v) is 2.85. The van der Waals surface area contributed by atoms with Crippen molar-refractivity contribution in [3.8, 4) is 6.07 Å². The Morgan fingerprint density at radius 2 is 1.94 bits per heavy atom. The van der Waals surface area contributed by atoms with Gasteiger partial charge in [0.1, 0.15) is 17.4 Å². The molecule has 0 unspecified atom stereocenters. The number of carbonyl (C=O) groups excluding carboxylic acids is 1. The minimum atomic E-state index is -4.81. The summed E-state index contributed by atoms with van der Waals surface area (Å²) in [6, 6.07) is 1.78. The molecule has 84 valence electrons. The zero-order chi connectivity index (χ0) is 12.5. The summed E-state index contributed by atoms with van der Waals surface area (Å²) in [5.74, 6) is -2.72. The maximum atomic E-state index is 13.1. The maximum absolute atomic E-state index is 13.1. The monoisotopic (exact) mass is 232 g/mol. The third-order valence-corrected chi connectivity index (χ3v) is 1.79. The topological polar surface area (TPSA) is 66.9 Å². The third kappa shape index (κ3) is 2.11. The first kappa shape index (κ1) is 12.0. The molecule has 0 aliphatic rings. The number of nitriles is 1. The third-order valence-electron chi connectivity index (χ3n) is 1.79. The molecule has 2 N–H and O–H groups in total. The van der Waals surface area contributed by atoms with E-state index < -0.39 is 34.6 Å². The number of hydrogen-bond donors (Lipinski definition) is 1. The highest BCUT2D eigenvalue weighted by atomic mass is 19.4. The van der Waals surface area contributed by atoms with Gasteiger partial charge >= 0.3 is 6.18 Å². The molecule has 1 aromatic carbocycles. The smallest absolute Gasteiger partial charge is 0.366 e. The molecule has 1 aromatic rings. The molecule has 0 spiro atoms. The van der Waals surface area contributed by atoms with Gasteiger partial charge in [-0.3, -0.25) is 4.79 Å². The van der Waals surface area contributed by atoms with Gasteiger partial charge < -0.3 is 5.73 Å². The van der Waals surface area contributed by atoms with E-state index in [1.807, 2.05) is 0 Å². The Morgan fingerprint density at radius 1 is 1.38 bits per heavy atom. The summed E-state index contributed by atoms with van der Waals surface area (Å²) in [6.45, 7) is 0. The van der Waals surface area contributed by atoms with Crippen LogP contribution in [0.15, 0.2) is 12.1 Å². The zero-order valence-electron chi connectivity index (χ0n) is 7.60. The van der Waals surface area contributed by atoms with Crippen LogP contribution in [0.3, 0.4) is 0 Å². The van der Waals surface area contributed by atoms with Crippen LogP contribution in [0.4, 0.5) is 17.6 Å². The molecule has 0 heterocycles. The first-order valence-electron chi connectivity index (χ1n) is 3.88. The number of amides is 1. The van der Waals surface area contributed by atoms with Gasteiger partial charge in [0, 0.05) is 0 Å². The Labute approximate surface area is 87.1 Å². The van der Waals surface area contributed by atoms with Crippen LogP contribution >= 0.6 is 0 Å². The molecular formula is C9H4F4N2O. The van der Waals surface area contributed by atoms with Gasteiger partial charge in [-0.15, -0.1) is 0 Å². The van der Waals surface area contributed by atoms with Crippen LogP contribution in [0.5, 0.6) is 0 Å². The largest absolute Gasteiger partial charge is 0.416 e. The zero-order valence-corrected chi connectivity index (χ0v) is 7.60. The molecule has 0 saturated carbocycles. The Bertz CT molecular complexity index is 488. The molecular weight excluding hydrogens is 228 g/mol. The van der Waals surface area contributed by atoms with E-state index in [4.69, 9.17) is 11.0 Å². The first-order chi connectivity index (χ1) is 7.27. The summed E-state index contributed by atoms with van der Waals surface area (Å²) >= 11 is 0. The van der Waals surface area contributed by atoms with E-state index in [1.54, 1.807) is 0 Å². The molecule has 1 rings (SSSR count). The van der Waals surface area contributed by atoms with Crippen LogP contribution in [-0.2, 0) is 6.18 Å². The first-order valence-corrected chi connectivity index (χ1v) is 3.88. The number of carbonyl (C=O) groups is 1. The number of hydrogen-bond acceptors (Lipinski definition) is 2. The number of halogens is 4. The molecule has 7 heteroatoms. The highest BCUT2D eigenvalue weighted by Crippen LogP contribution is 2.31. The van der Waals surface area contributed by atoms with E-state index in [0.29, 0.717) is 6.07 Å². The van der Waals surface area contributed by atoms with Crippen LogP contribution in [0, 0.1) is 17.1 Å². The van der Waals surface area contributed by atoms with Gasteiger partial charge in [-0.05, 0) is 12.1 Å². The van der Waals surface area contributed by atoms with Crippen molar-refractivity contribution in [1.29, 1.82) is 5.26 Å². The number of primary amides is 1. The molecule has 1 amide bonds. The van der Waals surface area contributed by atoms with E-state index in [-0.39, 0.29) is 6.07 Å². The van der Waals surface area contributed by atoms with Crippen molar-refractivity contribution < 1.29 is 22.4 Å². The lowest BCUT2D eigenvalue weighted by Gasteiger charge is -2.09. The summed E-state index contributed by atoms with van der Waals surface area (Å²) in [6.07, 6.45) is -4.81. The molecule has 0 aromatic heterocycles. The summed E-state index contributed by atoms with van der Waals surface area (Å²) in [7, 11) is 0. The minimum Gasteiger partial charge on any atom is -0.366 e. The number of rotatable bonds is 1. The number of nitrogens with two attached hydrogens (primary N) is 1. The molecule has 0 aliphatic carbocycles. The highest BCUT2D eigenvalue weighted by Gasteiger charge is 2.33. The van der Waals surface area contributed by atoms with E-state index in [9.17, 15) is 22.4 Å². The SMILES string of the molecule is N#Cc1c(F)cc(C(F)(F)F)cc1C(N)=O. The van der Waals surface area contributed by atoms with Crippen LogP contribution < -0.4 is 5.73 Å². The quantitative estimate of drug-likeness (QED) is 0.750. The Morgan fingerprint density at radius 3 is 2.31 bits per heavy atom. The fraction of sp³-hybridized carbons (Fsp3) is 0.111. The number of alkyl halides is 3. The fourth-order valence-corrected chi connectivity index (χ4v) is 1.08. The average Bonchev–Trinajstić information content (AvgIpc) is 2.14. The lowest BCUT2D eigenvalue weighted by atomic mass is 10.0. The molecule has 0 aliphatic heterocycles. The van der Waals surface area contributed by atoms with Crippen LogP contribution in [0.2, 0.25) is 0 Å². The lowest BCUT2D eigenvalue weighted by molar-refractivity contribution is -0.137. The van der Waals surface area contributed by atoms with Gasteiger partial charge in [0.2, 0.25) is 5.91 Å². The Hall–Kier alpha value is -2.10. The number of nitrogens with zero attached hydrogens (tertiary/aromatic N) is 1. The summed E-state index contributed by atoms with van der Waals surface area (Å²) in [4.78, 5) is 10.7. The minimum absolute atomic E-state index is 0.144. The predicted molar refractivity (Wildman–Crippen MR) is 44.6 cm³/mol. The van der Waals surface area contributed by atoms with Gasteiger partial charge in [0.25, 0.3) is 0 Å². The standard InChI is InChI=1S/C9H4F4N2O/c10-7-2-4(9(11,12)13)1-5(8(15)16)6(7)3-14/h1-2H,(H2,15,16). The van der Waals surface area contributed by atoms with E-state index in [0.717, 1.165) is 0 Å². The van der Waals surface area contributed by atoms with Crippen LogP contribution in [0.25, 0.3) is 0 Å². The Balaban J connectivity index is 3.54. The van der Waals surface area contributed by atoms with E-state index in [2.05, 4.69) is 0 Å². The van der Waals surface area contributed by atoms with Gasteiger partial charge in [-0.25, -0.2) is 4.39 Å². The van der Waals surface area contributed by atoms with Gasteiger partial charge in [-0.1, -0.05) is 0 Å². The molecule has 0 atom stereocenters. The second kappa shape index (κ2) is 3.81. The van der Waals surface area contributed by atoms with E-state index in [1.165, 1.54) is 6.07 Å². The normalized spacial score (nSPS) is 10.9. The van der Waals surface area contributed by atoms with Crippen molar-refractivity contribution in [3.05, 3.63) is 34.6 Å². The average molecular weight is 232 g/mol. The second-order valence-electron chi connectivity index (χ2n) is 2.85. The molecule has 0 fully saturated rings. The molecule has 0 radical (unpaired) electrons. The highest BCUT2D eigenvalue weighted by molar-refractivity contribution is 5.95. The van der Waals surface area contributed by atoms with Crippen molar-refractivity contribution >= 4 is 5.91 Å². The van der Waals surface area contributed by atoms with Gasteiger partial charge in [0.05, 0.1) is 11.1 Å². The van der Waals surface area contributed by atoms with Gasteiger partial charge in [-0.2, -0.15) is 18.4 Å². The maximum Gasteiger partial charge on any atom is 0.416 e.